The van der Waals surface area contributed by atoms with Gasteiger partial charge >= 0.3 is 18.0 Å². The maximum absolute atomic E-state index is 12.2. The van der Waals surface area contributed by atoms with E-state index in [0.29, 0.717) is 132 Å². The maximum Gasteiger partial charge on any atom is 0.407 e. The zero-order valence-corrected chi connectivity index (χ0v) is 41.9. The highest BCUT2D eigenvalue weighted by Crippen LogP contribution is 2.45. The van der Waals surface area contributed by atoms with E-state index in [1.807, 2.05) is 48.5 Å². The van der Waals surface area contributed by atoms with Crippen molar-refractivity contribution < 1.29 is 62.2 Å². The first-order valence-electron chi connectivity index (χ1n) is 25.0. The molecule has 0 unspecified atom stereocenters. The molecule has 2 aliphatic carbocycles. The fraction of sp³-hybridized carbons (Fsp3) is 0.491. The molecular formula is C55H76N4O13. The van der Waals surface area contributed by atoms with Gasteiger partial charge in [0.15, 0.2) is 0 Å². The van der Waals surface area contributed by atoms with Gasteiger partial charge in [-0.15, -0.1) is 0 Å². The van der Waals surface area contributed by atoms with E-state index in [1.54, 1.807) is 0 Å². The lowest BCUT2D eigenvalue weighted by molar-refractivity contribution is -0.141. The Labute approximate surface area is 424 Å². The molecule has 7 N–H and O–H groups in total. The number of carboxylic acids is 1. The molecule has 17 heteroatoms. The third-order valence-electron chi connectivity index (χ3n) is 11.3. The number of benzene rings is 4. The minimum atomic E-state index is -0.984. The third-order valence-corrected chi connectivity index (χ3v) is 11.3. The minimum Gasteiger partial charge on any atom is -0.481 e. The average molecular weight is 1000 g/mol. The Bertz CT molecular complexity index is 2070. The topological polar surface area (TPSA) is 238 Å². The van der Waals surface area contributed by atoms with Crippen molar-refractivity contribution in [1.29, 1.82) is 0 Å². The zero-order chi connectivity index (χ0) is 51.4. The average Bonchev–Trinajstić information content (AvgIpc) is 3.89. The number of amides is 2. The number of carbonyl (C=O) groups is 4. The Hall–Kier alpha value is -5.76. The number of alkyl carbamates (subject to hydrolysis) is 1. The Kier molecular flexibility index (Phi) is 29.6. The summed E-state index contributed by atoms with van der Waals surface area (Å²) < 4.78 is 42.9. The SMILES string of the molecule is CC(=O)OCC1c2ccccc2-c2ccccc21.NCCCOCCOCCOCCCN.O=C(O)CCC(=O)NCCCOCCOCCOCCCNC(=O)OCC1c2ccccc2-c2ccccc21. The molecule has 0 aromatic heterocycles. The predicted molar refractivity (Wildman–Crippen MR) is 275 cm³/mol. The van der Waals surface area contributed by atoms with Gasteiger partial charge in [-0.1, -0.05) is 97.1 Å². The lowest BCUT2D eigenvalue weighted by atomic mass is 9.98. The smallest absolute Gasteiger partial charge is 0.407 e. The van der Waals surface area contributed by atoms with E-state index < -0.39 is 12.1 Å². The number of carboxylic acid groups (broad SMARTS) is 1. The van der Waals surface area contributed by atoms with E-state index in [4.69, 9.17) is 54.5 Å². The predicted octanol–water partition coefficient (Wildman–Crippen LogP) is 6.43. The van der Waals surface area contributed by atoms with Crippen LogP contribution in [0.2, 0.25) is 0 Å². The van der Waals surface area contributed by atoms with Gasteiger partial charge < -0.3 is 65.1 Å². The van der Waals surface area contributed by atoms with Crippen LogP contribution >= 0.6 is 0 Å². The molecule has 0 atom stereocenters. The summed E-state index contributed by atoms with van der Waals surface area (Å²) in [5, 5.41) is 13.9. The van der Waals surface area contributed by atoms with Crippen molar-refractivity contribution in [1.82, 2.24) is 10.6 Å². The van der Waals surface area contributed by atoms with E-state index in [2.05, 4.69) is 59.2 Å². The molecule has 394 valence electrons. The third kappa shape index (κ3) is 22.3. The van der Waals surface area contributed by atoms with Gasteiger partial charge in [0.25, 0.3) is 0 Å². The van der Waals surface area contributed by atoms with Gasteiger partial charge in [0.2, 0.25) is 5.91 Å². The number of nitrogens with two attached hydrogens (primary N) is 2. The number of carbonyl (C=O) groups excluding carboxylic acids is 3. The molecule has 2 amide bonds. The number of esters is 1. The Balaban J connectivity index is 0.000000279. The number of hydrogen-bond acceptors (Lipinski definition) is 14. The second kappa shape index (κ2) is 36.2. The number of fused-ring (bicyclic) bond motifs is 6. The van der Waals surface area contributed by atoms with Crippen LogP contribution in [0.5, 0.6) is 0 Å². The van der Waals surface area contributed by atoms with E-state index in [0.717, 1.165) is 12.8 Å². The Morgan fingerprint density at radius 2 is 0.792 bits per heavy atom. The monoisotopic (exact) mass is 1000 g/mol. The van der Waals surface area contributed by atoms with Gasteiger partial charge in [-0.25, -0.2) is 4.79 Å². The summed E-state index contributed by atoms with van der Waals surface area (Å²) in [5.41, 5.74) is 20.4. The molecule has 0 saturated carbocycles. The van der Waals surface area contributed by atoms with Crippen molar-refractivity contribution >= 4 is 23.9 Å². The molecule has 0 aliphatic heterocycles. The van der Waals surface area contributed by atoms with Crippen molar-refractivity contribution in [3.8, 4) is 22.3 Å². The lowest BCUT2D eigenvalue weighted by Crippen LogP contribution is -2.27. The van der Waals surface area contributed by atoms with Crippen LogP contribution in [-0.4, -0.2) is 148 Å². The second-order valence-corrected chi connectivity index (χ2v) is 16.7. The van der Waals surface area contributed by atoms with Crippen LogP contribution in [0.25, 0.3) is 22.3 Å². The molecule has 2 aliphatic rings. The van der Waals surface area contributed by atoms with Gasteiger partial charge in [0.1, 0.15) is 13.2 Å². The lowest BCUT2D eigenvalue weighted by Gasteiger charge is -2.14. The van der Waals surface area contributed by atoms with Crippen LogP contribution in [0, 0.1) is 0 Å². The van der Waals surface area contributed by atoms with E-state index in [1.165, 1.54) is 51.4 Å². The number of aliphatic carboxylic acids is 1. The summed E-state index contributed by atoms with van der Waals surface area (Å²) in [4.78, 5) is 44.9. The fourth-order valence-electron chi connectivity index (χ4n) is 7.82. The summed E-state index contributed by atoms with van der Waals surface area (Å²) >= 11 is 0. The summed E-state index contributed by atoms with van der Waals surface area (Å²) in [6, 6.07) is 33.1. The van der Waals surface area contributed by atoms with Crippen LogP contribution in [0.3, 0.4) is 0 Å². The van der Waals surface area contributed by atoms with Gasteiger partial charge in [0, 0.05) is 64.7 Å². The molecule has 0 radical (unpaired) electrons. The largest absolute Gasteiger partial charge is 0.481 e. The van der Waals surface area contributed by atoms with Crippen molar-refractivity contribution in [2.75, 3.05) is 119 Å². The van der Waals surface area contributed by atoms with E-state index in [9.17, 15) is 19.2 Å². The van der Waals surface area contributed by atoms with Crippen molar-refractivity contribution in [3.63, 3.8) is 0 Å². The molecule has 4 aromatic carbocycles. The number of hydrogen-bond donors (Lipinski definition) is 5. The summed E-state index contributed by atoms with van der Waals surface area (Å²) in [7, 11) is 0. The molecule has 0 spiro atoms. The molecule has 0 fully saturated rings. The first kappa shape index (κ1) is 58.8. The van der Waals surface area contributed by atoms with Gasteiger partial charge in [0.05, 0.1) is 59.3 Å². The normalized spacial score (nSPS) is 12.0. The molecule has 4 aromatic rings. The molecular weight excluding hydrogens is 925 g/mol. The molecule has 0 heterocycles. The van der Waals surface area contributed by atoms with Crippen LogP contribution in [0.15, 0.2) is 97.1 Å². The zero-order valence-electron chi connectivity index (χ0n) is 41.9. The van der Waals surface area contributed by atoms with Crippen LogP contribution in [0.4, 0.5) is 4.79 Å². The summed E-state index contributed by atoms with van der Waals surface area (Å²) in [5.74, 6) is -1.27. The van der Waals surface area contributed by atoms with Gasteiger partial charge in [-0.05, 0) is 83.3 Å². The van der Waals surface area contributed by atoms with E-state index in [-0.39, 0.29) is 36.6 Å². The highest BCUT2D eigenvalue weighted by molar-refractivity contribution is 5.81. The quantitative estimate of drug-likeness (QED) is 0.0255. The first-order valence-corrected chi connectivity index (χ1v) is 25.0. The molecule has 17 nitrogen and oxygen atoms in total. The Morgan fingerprint density at radius 3 is 1.15 bits per heavy atom. The fourth-order valence-corrected chi connectivity index (χ4v) is 7.82. The van der Waals surface area contributed by atoms with E-state index >= 15 is 0 Å². The highest BCUT2D eigenvalue weighted by atomic mass is 16.6. The second-order valence-electron chi connectivity index (χ2n) is 16.7. The molecule has 6 rings (SSSR count). The number of nitrogens with one attached hydrogen (secondary N) is 2. The van der Waals surface area contributed by atoms with Gasteiger partial charge in [-0.2, -0.15) is 0 Å². The van der Waals surface area contributed by atoms with Crippen LogP contribution < -0.4 is 22.1 Å². The van der Waals surface area contributed by atoms with Crippen molar-refractivity contribution in [3.05, 3.63) is 119 Å². The van der Waals surface area contributed by atoms with Crippen LogP contribution in [0.1, 0.15) is 79.5 Å². The molecule has 0 saturated heterocycles. The highest BCUT2D eigenvalue weighted by Gasteiger charge is 2.30. The molecule has 72 heavy (non-hydrogen) atoms. The van der Waals surface area contributed by atoms with Crippen molar-refractivity contribution in [2.24, 2.45) is 11.5 Å². The standard InChI is InChI=1S/C29H38N2O8.C16H14O2.C10H24N2O3/c32-27(11-12-28(33)34)30-13-5-15-36-17-19-38-20-18-37-16-6-14-31-29(35)39-21-26-24-9-3-1-7-22(24)23-8-2-4-10-25(23)26;1-11(17)18-10-16-14-8-4-2-6-12(14)13-7-3-5-9-15(13)16;11-3-1-5-13-7-9-15-10-8-14-6-2-4-12/h1-4,7-10,26H,5-6,11-21H2,(H,30,32)(H,31,35)(H,33,34);2-9,16H,10H2,1H3;1-12H2. The number of ether oxygens (including phenoxy) is 8. The minimum absolute atomic E-state index is 0.0127. The summed E-state index contributed by atoms with van der Waals surface area (Å²) in [6.45, 7) is 11.1. The van der Waals surface area contributed by atoms with Gasteiger partial charge in [-0.3, -0.25) is 14.4 Å². The van der Waals surface area contributed by atoms with Crippen LogP contribution in [-0.2, 0) is 52.3 Å². The molecule has 0 bridgehead atoms. The summed E-state index contributed by atoms with van der Waals surface area (Å²) in [6.07, 6.45) is 2.51. The maximum atomic E-state index is 12.2. The first-order chi connectivity index (χ1) is 35.2. The number of rotatable bonds is 33. The Morgan fingerprint density at radius 1 is 0.458 bits per heavy atom. The van der Waals surface area contributed by atoms with Crippen molar-refractivity contribution in [2.45, 2.75) is 57.3 Å².